The number of aromatic nitrogens is 2. The number of carboxylic acid groups (broad SMARTS) is 1. The van der Waals surface area contributed by atoms with Gasteiger partial charge in [-0.25, -0.2) is 4.98 Å². The van der Waals surface area contributed by atoms with Gasteiger partial charge in [-0.05, 0) is 26.1 Å². The van der Waals surface area contributed by atoms with Gasteiger partial charge in [0.1, 0.15) is 12.4 Å². The van der Waals surface area contributed by atoms with Gasteiger partial charge < -0.3 is 14.8 Å². The lowest BCUT2D eigenvalue weighted by molar-refractivity contribution is -0.137. The third-order valence-electron chi connectivity index (χ3n) is 3.46. The Balaban J connectivity index is 2.47. The summed E-state index contributed by atoms with van der Waals surface area (Å²) in [6.45, 7) is 2.40. The van der Waals surface area contributed by atoms with Gasteiger partial charge in [-0.15, -0.1) is 0 Å². The van der Waals surface area contributed by atoms with Crippen LogP contribution >= 0.6 is 0 Å². The van der Waals surface area contributed by atoms with Gasteiger partial charge in [0, 0.05) is 6.54 Å². The van der Waals surface area contributed by atoms with E-state index in [9.17, 15) is 4.79 Å². The minimum atomic E-state index is -0.897. The zero-order valence-corrected chi connectivity index (χ0v) is 11.7. The maximum atomic E-state index is 11.1. The number of imidazole rings is 1. The molecule has 6 nitrogen and oxygen atoms in total. The maximum Gasteiger partial charge on any atom is 0.323 e. The molecule has 2 rings (SSSR count). The Morgan fingerprint density at radius 3 is 2.80 bits per heavy atom. The maximum absolute atomic E-state index is 11.1. The summed E-state index contributed by atoms with van der Waals surface area (Å²) in [5.41, 5.74) is 1.60. The molecule has 1 unspecified atom stereocenters. The molecule has 0 aliphatic heterocycles. The summed E-state index contributed by atoms with van der Waals surface area (Å²) in [4.78, 5) is 17.6. The minimum absolute atomic E-state index is 0.0556. The van der Waals surface area contributed by atoms with Crippen LogP contribution in [0.5, 0.6) is 0 Å². The van der Waals surface area contributed by atoms with Crippen LogP contribution in [0.1, 0.15) is 18.8 Å². The fraction of sp³-hybridized carbons (Fsp3) is 0.429. The molecule has 1 heterocycles. The third kappa shape index (κ3) is 2.81. The third-order valence-corrected chi connectivity index (χ3v) is 3.46. The SMILES string of the molecule is CC(c1nc2ccccc2n1CC(=O)O)N(C)CCO. The van der Waals surface area contributed by atoms with Crippen molar-refractivity contribution in [3.05, 3.63) is 30.1 Å². The lowest BCUT2D eigenvalue weighted by Crippen LogP contribution is -2.28. The van der Waals surface area contributed by atoms with E-state index < -0.39 is 5.97 Å². The van der Waals surface area contributed by atoms with E-state index in [2.05, 4.69) is 4.98 Å². The highest BCUT2D eigenvalue weighted by atomic mass is 16.4. The highest BCUT2D eigenvalue weighted by molar-refractivity contribution is 5.78. The van der Waals surface area contributed by atoms with Crippen molar-refractivity contribution in [3.63, 3.8) is 0 Å². The molecule has 20 heavy (non-hydrogen) atoms. The second kappa shape index (κ2) is 6.02. The number of aliphatic carboxylic acids is 1. The molecule has 108 valence electrons. The van der Waals surface area contributed by atoms with E-state index >= 15 is 0 Å². The number of rotatable bonds is 6. The first-order valence-corrected chi connectivity index (χ1v) is 6.52. The first kappa shape index (κ1) is 14.5. The molecule has 0 radical (unpaired) electrons. The molecular weight excluding hydrogens is 258 g/mol. The molecule has 2 N–H and O–H groups in total. The number of carbonyl (C=O) groups is 1. The largest absolute Gasteiger partial charge is 0.480 e. The van der Waals surface area contributed by atoms with Crippen LogP contribution in [0.25, 0.3) is 11.0 Å². The van der Waals surface area contributed by atoms with Crippen LogP contribution in [0.2, 0.25) is 0 Å². The number of aliphatic hydroxyl groups excluding tert-OH is 1. The zero-order chi connectivity index (χ0) is 14.7. The normalized spacial score (nSPS) is 13.0. The predicted molar refractivity (Wildman–Crippen MR) is 75.5 cm³/mol. The number of nitrogens with zero attached hydrogens (tertiary/aromatic N) is 3. The fourth-order valence-electron chi connectivity index (χ4n) is 2.26. The average Bonchev–Trinajstić information content (AvgIpc) is 2.76. The van der Waals surface area contributed by atoms with E-state index in [1.807, 2.05) is 43.1 Å². The second-order valence-electron chi connectivity index (χ2n) is 4.82. The molecular formula is C14H19N3O3. The van der Waals surface area contributed by atoms with E-state index in [4.69, 9.17) is 10.2 Å². The van der Waals surface area contributed by atoms with Crippen molar-refractivity contribution in [3.8, 4) is 0 Å². The van der Waals surface area contributed by atoms with Gasteiger partial charge in [-0.3, -0.25) is 9.69 Å². The first-order valence-electron chi connectivity index (χ1n) is 6.52. The zero-order valence-electron chi connectivity index (χ0n) is 11.7. The number of benzene rings is 1. The van der Waals surface area contributed by atoms with Gasteiger partial charge >= 0.3 is 5.97 Å². The van der Waals surface area contributed by atoms with Crippen LogP contribution in [0.4, 0.5) is 0 Å². The molecule has 0 bridgehead atoms. The molecule has 2 aromatic rings. The fourth-order valence-corrected chi connectivity index (χ4v) is 2.26. The van der Waals surface area contributed by atoms with Gasteiger partial charge in [0.05, 0.1) is 23.7 Å². The van der Waals surface area contributed by atoms with E-state index in [1.54, 1.807) is 4.57 Å². The van der Waals surface area contributed by atoms with Crippen molar-refractivity contribution in [2.24, 2.45) is 0 Å². The van der Waals surface area contributed by atoms with Gasteiger partial charge in [-0.1, -0.05) is 12.1 Å². The van der Waals surface area contributed by atoms with Crippen molar-refractivity contribution in [1.29, 1.82) is 0 Å². The molecule has 0 fully saturated rings. The Bertz CT molecular complexity index is 609. The number of carboxylic acids is 1. The molecule has 1 aromatic carbocycles. The van der Waals surface area contributed by atoms with Crippen molar-refractivity contribution in [2.45, 2.75) is 19.5 Å². The van der Waals surface area contributed by atoms with E-state index in [0.717, 1.165) is 11.0 Å². The van der Waals surface area contributed by atoms with Crippen LogP contribution in [0.3, 0.4) is 0 Å². The molecule has 1 aromatic heterocycles. The second-order valence-corrected chi connectivity index (χ2v) is 4.82. The van der Waals surface area contributed by atoms with E-state index in [-0.39, 0.29) is 19.2 Å². The van der Waals surface area contributed by atoms with Gasteiger partial charge in [0.15, 0.2) is 0 Å². The Kier molecular flexibility index (Phi) is 4.36. The molecule has 0 amide bonds. The standard InChI is InChI=1S/C14H19N3O3/c1-10(16(2)7-8-18)14-15-11-5-3-4-6-12(11)17(14)9-13(19)20/h3-6,10,18H,7-9H2,1-2H3,(H,19,20). The van der Waals surface area contributed by atoms with Crippen LogP contribution in [-0.2, 0) is 11.3 Å². The van der Waals surface area contributed by atoms with Gasteiger partial charge in [0.25, 0.3) is 0 Å². The predicted octanol–water partition coefficient (Wildman–Crippen LogP) is 1.11. The molecule has 6 heteroatoms. The van der Waals surface area contributed by atoms with Crippen LogP contribution in [0, 0.1) is 0 Å². The van der Waals surface area contributed by atoms with Gasteiger partial charge in [0.2, 0.25) is 0 Å². The van der Waals surface area contributed by atoms with Crippen molar-refractivity contribution >= 4 is 17.0 Å². The van der Waals surface area contributed by atoms with Crippen LogP contribution in [-0.4, -0.2) is 50.8 Å². The Hall–Kier alpha value is -1.92. The number of fused-ring (bicyclic) bond motifs is 1. The number of hydrogen-bond donors (Lipinski definition) is 2. The average molecular weight is 277 g/mol. The van der Waals surface area contributed by atoms with Gasteiger partial charge in [-0.2, -0.15) is 0 Å². The smallest absolute Gasteiger partial charge is 0.323 e. The van der Waals surface area contributed by atoms with Crippen LogP contribution < -0.4 is 0 Å². The highest BCUT2D eigenvalue weighted by Crippen LogP contribution is 2.23. The molecule has 0 aliphatic carbocycles. The quantitative estimate of drug-likeness (QED) is 0.827. The number of hydrogen-bond acceptors (Lipinski definition) is 4. The van der Waals surface area contributed by atoms with Crippen molar-refractivity contribution in [1.82, 2.24) is 14.5 Å². The van der Waals surface area contributed by atoms with Crippen molar-refractivity contribution < 1.29 is 15.0 Å². The molecule has 0 saturated heterocycles. The minimum Gasteiger partial charge on any atom is -0.480 e. The number of aliphatic hydroxyl groups is 1. The number of para-hydroxylation sites is 2. The Morgan fingerprint density at radius 1 is 1.45 bits per heavy atom. The molecule has 0 spiro atoms. The number of likely N-dealkylation sites (N-methyl/N-ethyl adjacent to an activating group) is 1. The Morgan fingerprint density at radius 2 is 2.15 bits per heavy atom. The summed E-state index contributed by atoms with van der Waals surface area (Å²) in [5.74, 6) is -0.198. The summed E-state index contributed by atoms with van der Waals surface area (Å²) in [7, 11) is 1.88. The summed E-state index contributed by atoms with van der Waals surface area (Å²) >= 11 is 0. The lowest BCUT2D eigenvalue weighted by Gasteiger charge is -2.23. The summed E-state index contributed by atoms with van der Waals surface area (Å²) in [5, 5.41) is 18.1. The highest BCUT2D eigenvalue weighted by Gasteiger charge is 2.20. The first-order chi connectivity index (χ1) is 9.54. The lowest BCUT2D eigenvalue weighted by atomic mass is 10.2. The molecule has 0 aliphatic rings. The summed E-state index contributed by atoms with van der Waals surface area (Å²) < 4.78 is 1.72. The monoisotopic (exact) mass is 277 g/mol. The molecule has 0 saturated carbocycles. The topological polar surface area (TPSA) is 78.6 Å². The summed E-state index contributed by atoms with van der Waals surface area (Å²) in [6.07, 6.45) is 0. The Labute approximate surface area is 117 Å². The van der Waals surface area contributed by atoms with Crippen LogP contribution in [0.15, 0.2) is 24.3 Å². The summed E-state index contributed by atoms with van der Waals surface area (Å²) in [6, 6.07) is 7.42. The van der Waals surface area contributed by atoms with E-state index in [0.29, 0.717) is 12.4 Å². The van der Waals surface area contributed by atoms with E-state index in [1.165, 1.54) is 0 Å². The molecule has 1 atom stereocenters. The van der Waals surface area contributed by atoms with Crippen molar-refractivity contribution in [2.75, 3.05) is 20.2 Å².